The number of benzene rings is 2. The van der Waals surface area contributed by atoms with E-state index in [0.29, 0.717) is 32.7 Å². The Hall–Kier alpha value is -3.27. The molecule has 148 valence electrons. The maximum atomic E-state index is 13.0. The highest BCUT2D eigenvalue weighted by Gasteiger charge is 2.50. The lowest BCUT2D eigenvalue weighted by atomic mass is 9.90. The molecule has 1 saturated carbocycles. The standard InChI is InChI=1S/C22H14Cl2N4O2/c23-14-6-4-13(5-7-14)22(8-9-22)19-17(11-25)20-26-12-18(21(29)28(20)27-19)30-16-3-1-2-15(24)10-16/h1-7,10,12,26H,8-9H2. The van der Waals surface area contributed by atoms with Gasteiger partial charge in [0.15, 0.2) is 5.65 Å². The van der Waals surface area contributed by atoms with Crippen molar-refractivity contribution in [2.24, 2.45) is 0 Å². The Balaban J connectivity index is 1.63. The molecule has 0 saturated heterocycles. The summed E-state index contributed by atoms with van der Waals surface area (Å²) in [6, 6.07) is 16.5. The summed E-state index contributed by atoms with van der Waals surface area (Å²) in [5.74, 6) is 0.486. The quantitative estimate of drug-likeness (QED) is 0.483. The first kappa shape index (κ1) is 18.7. The van der Waals surface area contributed by atoms with Crippen molar-refractivity contribution in [1.82, 2.24) is 14.6 Å². The molecule has 1 N–H and O–H groups in total. The van der Waals surface area contributed by atoms with E-state index in [1.54, 1.807) is 24.3 Å². The van der Waals surface area contributed by atoms with Crippen LogP contribution in [0.2, 0.25) is 10.0 Å². The van der Waals surface area contributed by atoms with Crippen LogP contribution in [0.5, 0.6) is 11.5 Å². The molecule has 2 heterocycles. The van der Waals surface area contributed by atoms with Gasteiger partial charge in [0.1, 0.15) is 17.4 Å². The van der Waals surface area contributed by atoms with Crippen LogP contribution in [0.15, 0.2) is 59.5 Å². The van der Waals surface area contributed by atoms with Gasteiger partial charge in [0.25, 0.3) is 0 Å². The zero-order valence-corrected chi connectivity index (χ0v) is 17.0. The van der Waals surface area contributed by atoms with Crippen LogP contribution in [-0.2, 0) is 5.41 Å². The van der Waals surface area contributed by atoms with E-state index >= 15 is 0 Å². The largest absolute Gasteiger partial charge is 0.450 e. The van der Waals surface area contributed by atoms with Crippen molar-refractivity contribution in [3.63, 3.8) is 0 Å². The van der Waals surface area contributed by atoms with Gasteiger partial charge in [-0.1, -0.05) is 41.4 Å². The number of nitrogens with one attached hydrogen (secondary N) is 1. The van der Waals surface area contributed by atoms with E-state index in [2.05, 4.69) is 16.2 Å². The fraction of sp³-hybridized carbons (Fsp3) is 0.136. The number of hydrogen-bond acceptors (Lipinski definition) is 4. The molecule has 0 aliphatic heterocycles. The van der Waals surface area contributed by atoms with Crippen molar-refractivity contribution in [2.45, 2.75) is 18.3 Å². The molecule has 1 aliphatic carbocycles. The minimum Gasteiger partial charge on any atom is -0.450 e. The third kappa shape index (κ3) is 2.95. The molecular weight excluding hydrogens is 423 g/mol. The summed E-state index contributed by atoms with van der Waals surface area (Å²) in [5.41, 5.74) is 1.45. The average molecular weight is 437 g/mol. The number of nitriles is 1. The SMILES string of the molecule is N#Cc1c(C2(c3ccc(Cl)cc3)CC2)nn2c(=O)c(Oc3cccc(Cl)c3)c[nH]c12. The fourth-order valence-corrected chi connectivity index (χ4v) is 4.03. The summed E-state index contributed by atoms with van der Waals surface area (Å²) in [5, 5.41) is 15.5. The van der Waals surface area contributed by atoms with Gasteiger partial charge in [0.2, 0.25) is 5.75 Å². The van der Waals surface area contributed by atoms with Crippen LogP contribution in [0.3, 0.4) is 0 Å². The normalized spacial score (nSPS) is 14.4. The summed E-state index contributed by atoms with van der Waals surface area (Å²) < 4.78 is 6.89. The number of H-pyrrole nitrogens is 1. The Kier molecular flexibility index (Phi) is 4.31. The molecule has 0 spiro atoms. The summed E-state index contributed by atoms with van der Waals surface area (Å²) in [6.45, 7) is 0. The highest BCUT2D eigenvalue weighted by Crippen LogP contribution is 2.54. The van der Waals surface area contributed by atoms with E-state index in [1.165, 1.54) is 10.7 Å². The molecular formula is C22H14Cl2N4O2. The molecule has 8 heteroatoms. The molecule has 0 amide bonds. The van der Waals surface area contributed by atoms with E-state index in [0.717, 1.165) is 18.4 Å². The molecule has 2 aromatic carbocycles. The lowest BCUT2D eigenvalue weighted by Crippen LogP contribution is -2.17. The second-order valence-electron chi connectivity index (χ2n) is 7.20. The average Bonchev–Trinajstić information content (AvgIpc) is 3.45. The topological polar surface area (TPSA) is 83.2 Å². The van der Waals surface area contributed by atoms with Crippen molar-refractivity contribution < 1.29 is 4.74 Å². The summed E-state index contributed by atoms with van der Waals surface area (Å²) in [4.78, 5) is 16.0. The number of aromatic nitrogens is 3. The molecule has 0 atom stereocenters. The molecule has 5 rings (SSSR count). The van der Waals surface area contributed by atoms with E-state index in [4.69, 9.17) is 27.9 Å². The second kappa shape index (κ2) is 6.91. The molecule has 6 nitrogen and oxygen atoms in total. The van der Waals surface area contributed by atoms with Gasteiger partial charge < -0.3 is 9.72 Å². The van der Waals surface area contributed by atoms with Crippen LogP contribution in [0.4, 0.5) is 0 Å². The minimum atomic E-state index is -0.460. The van der Waals surface area contributed by atoms with Crippen molar-refractivity contribution in [1.29, 1.82) is 5.26 Å². The summed E-state index contributed by atoms with van der Waals surface area (Å²) >= 11 is 12.0. The van der Waals surface area contributed by atoms with Crippen LogP contribution in [0.1, 0.15) is 29.7 Å². The first-order valence-corrected chi connectivity index (χ1v) is 10.0. The van der Waals surface area contributed by atoms with Gasteiger partial charge in [-0.2, -0.15) is 14.9 Å². The monoisotopic (exact) mass is 436 g/mol. The van der Waals surface area contributed by atoms with Crippen molar-refractivity contribution in [2.75, 3.05) is 0 Å². The van der Waals surface area contributed by atoms with Crippen molar-refractivity contribution in [3.8, 4) is 17.6 Å². The second-order valence-corrected chi connectivity index (χ2v) is 8.08. The molecule has 0 unspecified atom stereocenters. The highest BCUT2D eigenvalue weighted by atomic mass is 35.5. The lowest BCUT2D eigenvalue weighted by Gasteiger charge is -2.13. The van der Waals surface area contributed by atoms with E-state index in [9.17, 15) is 10.1 Å². The van der Waals surface area contributed by atoms with Crippen LogP contribution in [0.25, 0.3) is 5.65 Å². The number of fused-ring (bicyclic) bond motifs is 1. The number of halogens is 2. The third-order valence-electron chi connectivity index (χ3n) is 5.36. The molecule has 4 aromatic rings. The lowest BCUT2D eigenvalue weighted by molar-refractivity contribution is 0.469. The number of aromatic amines is 1. The van der Waals surface area contributed by atoms with Crippen molar-refractivity contribution in [3.05, 3.63) is 91.9 Å². The molecule has 1 aliphatic rings. The highest BCUT2D eigenvalue weighted by molar-refractivity contribution is 6.30. The van der Waals surface area contributed by atoms with E-state index in [-0.39, 0.29) is 5.75 Å². The summed E-state index contributed by atoms with van der Waals surface area (Å²) in [6.07, 6.45) is 3.12. The van der Waals surface area contributed by atoms with Gasteiger partial charge in [-0.25, -0.2) is 0 Å². The molecule has 0 radical (unpaired) electrons. The summed E-state index contributed by atoms with van der Waals surface area (Å²) in [7, 11) is 0. The molecule has 30 heavy (non-hydrogen) atoms. The third-order valence-corrected chi connectivity index (χ3v) is 5.85. The van der Waals surface area contributed by atoms with Crippen LogP contribution in [0, 0.1) is 11.3 Å². The van der Waals surface area contributed by atoms with Gasteiger partial charge in [-0.05, 0) is 48.7 Å². The Labute approximate surface area is 181 Å². The maximum absolute atomic E-state index is 13.0. The number of ether oxygens (including phenoxy) is 1. The zero-order chi connectivity index (χ0) is 20.9. The van der Waals surface area contributed by atoms with Gasteiger partial charge in [-0.3, -0.25) is 4.79 Å². The first-order chi connectivity index (χ1) is 14.5. The predicted octanol–water partition coefficient (Wildman–Crippen LogP) is 5.07. The smallest absolute Gasteiger partial charge is 0.317 e. The molecule has 2 aromatic heterocycles. The van der Waals surface area contributed by atoms with Crippen LogP contribution < -0.4 is 10.3 Å². The Bertz CT molecular complexity index is 1380. The fourth-order valence-electron chi connectivity index (χ4n) is 3.73. The minimum absolute atomic E-state index is 0.0552. The van der Waals surface area contributed by atoms with E-state index < -0.39 is 11.0 Å². The molecule has 0 bridgehead atoms. The van der Waals surface area contributed by atoms with Gasteiger partial charge in [0.05, 0.1) is 11.9 Å². The Morgan fingerprint density at radius 1 is 1.13 bits per heavy atom. The van der Waals surface area contributed by atoms with Gasteiger partial charge in [-0.15, -0.1) is 0 Å². The number of rotatable bonds is 4. The van der Waals surface area contributed by atoms with Crippen LogP contribution in [-0.4, -0.2) is 14.6 Å². The zero-order valence-electron chi connectivity index (χ0n) is 15.5. The van der Waals surface area contributed by atoms with Gasteiger partial charge >= 0.3 is 5.56 Å². The Morgan fingerprint density at radius 3 is 2.57 bits per heavy atom. The number of nitrogens with zero attached hydrogens (tertiary/aromatic N) is 3. The van der Waals surface area contributed by atoms with Crippen LogP contribution >= 0.6 is 23.2 Å². The molecule has 1 fully saturated rings. The van der Waals surface area contributed by atoms with E-state index in [1.807, 2.05) is 24.3 Å². The first-order valence-electron chi connectivity index (χ1n) is 9.26. The van der Waals surface area contributed by atoms with Gasteiger partial charge in [0, 0.05) is 15.5 Å². The predicted molar refractivity (Wildman–Crippen MR) is 114 cm³/mol. The van der Waals surface area contributed by atoms with Crippen molar-refractivity contribution >= 4 is 28.8 Å². The maximum Gasteiger partial charge on any atom is 0.317 e. The number of hydrogen-bond donors (Lipinski definition) is 1. The Morgan fingerprint density at radius 2 is 1.90 bits per heavy atom.